The summed E-state index contributed by atoms with van der Waals surface area (Å²) < 4.78 is 11.3. The fourth-order valence-electron chi connectivity index (χ4n) is 3.47. The average Bonchev–Trinajstić information content (AvgIpc) is 2.65. The lowest BCUT2D eigenvalue weighted by Gasteiger charge is -2.36. The predicted molar refractivity (Wildman–Crippen MR) is 91.1 cm³/mol. The summed E-state index contributed by atoms with van der Waals surface area (Å²) in [6, 6.07) is 6.82. The van der Waals surface area contributed by atoms with Crippen LogP contribution >= 0.6 is 0 Å². The molecule has 0 aliphatic carbocycles. The van der Waals surface area contributed by atoms with Gasteiger partial charge in [0, 0.05) is 19.6 Å². The molecule has 1 saturated heterocycles. The van der Waals surface area contributed by atoms with Gasteiger partial charge in [-0.15, -0.1) is 0 Å². The number of amides is 1. The molecule has 0 saturated carbocycles. The van der Waals surface area contributed by atoms with Crippen LogP contribution in [-0.2, 0) is 32.0 Å². The van der Waals surface area contributed by atoms with Crippen molar-refractivity contribution in [3.8, 4) is 0 Å². The molecule has 2 aliphatic heterocycles. The summed E-state index contributed by atoms with van der Waals surface area (Å²) in [6.45, 7) is 3.10. The lowest BCUT2D eigenvalue weighted by molar-refractivity contribution is -0.158. The minimum atomic E-state index is -0.981. The monoisotopic (exact) mass is 347 g/mol. The summed E-state index contributed by atoms with van der Waals surface area (Å²) >= 11 is 0. The Balaban J connectivity index is 1.65. The van der Waals surface area contributed by atoms with Crippen molar-refractivity contribution in [2.45, 2.75) is 57.4 Å². The van der Waals surface area contributed by atoms with Crippen molar-refractivity contribution in [1.29, 1.82) is 0 Å². The lowest BCUT2D eigenvalue weighted by atomic mass is 9.93. The van der Waals surface area contributed by atoms with Crippen LogP contribution < -0.4 is 0 Å². The molecule has 25 heavy (non-hydrogen) atoms. The molecule has 0 aromatic heterocycles. The largest absolute Gasteiger partial charge is 0.480 e. The number of carbonyl (C=O) groups is 2. The molecule has 6 nitrogen and oxygen atoms in total. The van der Waals surface area contributed by atoms with Crippen molar-refractivity contribution >= 4 is 11.9 Å². The van der Waals surface area contributed by atoms with Crippen LogP contribution in [0.3, 0.4) is 0 Å². The van der Waals surface area contributed by atoms with Gasteiger partial charge in [-0.2, -0.15) is 0 Å². The highest BCUT2D eigenvalue weighted by molar-refractivity contribution is 5.87. The van der Waals surface area contributed by atoms with Gasteiger partial charge in [0.05, 0.1) is 12.7 Å². The summed E-state index contributed by atoms with van der Waals surface area (Å²) in [6.07, 6.45) is 2.79. The smallest absolute Gasteiger partial charge is 0.326 e. The Morgan fingerprint density at radius 3 is 2.76 bits per heavy atom. The lowest BCUT2D eigenvalue weighted by Crippen LogP contribution is -2.52. The number of aliphatic carboxylic acids is 1. The Bertz CT molecular complexity index is 626. The van der Waals surface area contributed by atoms with Crippen molar-refractivity contribution in [1.82, 2.24) is 4.90 Å². The van der Waals surface area contributed by atoms with Crippen LogP contribution in [0.1, 0.15) is 37.3 Å². The summed E-state index contributed by atoms with van der Waals surface area (Å²) in [5.74, 6) is -1.26. The van der Waals surface area contributed by atoms with Crippen LogP contribution in [-0.4, -0.2) is 53.3 Å². The van der Waals surface area contributed by atoms with E-state index in [1.165, 1.54) is 4.90 Å². The zero-order valence-electron chi connectivity index (χ0n) is 14.5. The number of hydrogen-bond donors (Lipinski definition) is 1. The second kappa shape index (κ2) is 7.97. The van der Waals surface area contributed by atoms with Crippen LogP contribution in [0.5, 0.6) is 0 Å². The van der Waals surface area contributed by atoms with Gasteiger partial charge in [-0.05, 0) is 37.3 Å². The molecule has 1 amide bonds. The van der Waals surface area contributed by atoms with Gasteiger partial charge in [-0.3, -0.25) is 4.79 Å². The van der Waals surface area contributed by atoms with Gasteiger partial charge >= 0.3 is 5.97 Å². The molecule has 1 aromatic carbocycles. The number of nitrogens with zero attached hydrogens (tertiary/aromatic N) is 1. The van der Waals surface area contributed by atoms with Crippen LogP contribution in [0, 0.1) is 0 Å². The highest BCUT2D eigenvalue weighted by atomic mass is 16.5. The minimum Gasteiger partial charge on any atom is -0.480 e. The normalized spacial score (nSPS) is 24.4. The maximum Gasteiger partial charge on any atom is 0.326 e. The van der Waals surface area contributed by atoms with Crippen molar-refractivity contribution in [2.75, 3.05) is 13.2 Å². The van der Waals surface area contributed by atoms with Gasteiger partial charge < -0.3 is 19.5 Å². The molecule has 1 N–H and O–H groups in total. The number of hydrogen-bond acceptors (Lipinski definition) is 4. The Hall–Kier alpha value is -1.92. The number of benzene rings is 1. The number of carbonyl (C=O) groups excluding carboxylic acids is 1. The first-order valence-corrected chi connectivity index (χ1v) is 8.89. The van der Waals surface area contributed by atoms with Crippen LogP contribution in [0.15, 0.2) is 24.3 Å². The van der Waals surface area contributed by atoms with E-state index >= 15 is 0 Å². The molecule has 3 atom stereocenters. The van der Waals surface area contributed by atoms with Crippen LogP contribution in [0.2, 0.25) is 0 Å². The highest BCUT2D eigenvalue weighted by Crippen LogP contribution is 2.24. The molecule has 0 radical (unpaired) electrons. The summed E-state index contributed by atoms with van der Waals surface area (Å²) in [5, 5.41) is 9.54. The van der Waals surface area contributed by atoms with Crippen molar-refractivity contribution in [2.24, 2.45) is 0 Å². The van der Waals surface area contributed by atoms with Crippen molar-refractivity contribution < 1.29 is 24.2 Å². The molecule has 3 rings (SSSR count). The zero-order valence-corrected chi connectivity index (χ0v) is 14.5. The number of carboxylic acids is 1. The third-order valence-electron chi connectivity index (χ3n) is 4.97. The van der Waals surface area contributed by atoms with E-state index in [2.05, 4.69) is 0 Å². The van der Waals surface area contributed by atoms with E-state index in [9.17, 15) is 14.7 Å². The Morgan fingerprint density at radius 1 is 1.32 bits per heavy atom. The molecule has 0 spiro atoms. The quantitative estimate of drug-likeness (QED) is 0.882. The number of fused-ring (bicyclic) bond motifs is 1. The third kappa shape index (κ3) is 4.19. The molecule has 2 heterocycles. The van der Waals surface area contributed by atoms with E-state index < -0.39 is 18.1 Å². The molecule has 1 aromatic rings. The van der Waals surface area contributed by atoms with Gasteiger partial charge in [0.2, 0.25) is 0 Å². The summed E-state index contributed by atoms with van der Waals surface area (Å²) in [7, 11) is 0. The number of rotatable bonds is 5. The Kier molecular flexibility index (Phi) is 5.71. The second-order valence-electron chi connectivity index (χ2n) is 6.76. The fourth-order valence-corrected chi connectivity index (χ4v) is 3.47. The molecule has 136 valence electrons. The van der Waals surface area contributed by atoms with E-state index in [1.807, 2.05) is 24.3 Å². The fraction of sp³-hybridized carbons (Fsp3) is 0.579. The summed E-state index contributed by atoms with van der Waals surface area (Å²) in [4.78, 5) is 25.9. The van der Waals surface area contributed by atoms with Crippen LogP contribution in [0.25, 0.3) is 0 Å². The van der Waals surface area contributed by atoms with E-state index in [0.29, 0.717) is 19.6 Å². The zero-order chi connectivity index (χ0) is 17.8. The molecule has 0 unspecified atom stereocenters. The maximum absolute atomic E-state index is 12.8. The third-order valence-corrected chi connectivity index (χ3v) is 4.97. The van der Waals surface area contributed by atoms with Gasteiger partial charge in [0.25, 0.3) is 5.91 Å². The molecule has 2 aliphatic rings. The van der Waals surface area contributed by atoms with Gasteiger partial charge in [0.15, 0.2) is 0 Å². The average molecular weight is 347 g/mol. The number of ether oxygens (including phenoxy) is 2. The highest BCUT2D eigenvalue weighted by Gasteiger charge is 2.36. The molecular weight excluding hydrogens is 322 g/mol. The number of carboxylic acid groups (broad SMARTS) is 1. The van der Waals surface area contributed by atoms with Gasteiger partial charge in [-0.1, -0.05) is 24.3 Å². The molecule has 1 fully saturated rings. The SMILES string of the molecule is C[C@H](OC[C@H]1CCCCO1)C(=O)N1Cc2ccccc2C[C@@H]1C(=O)O. The first-order valence-electron chi connectivity index (χ1n) is 8.89. The van der Waals surface area contributed by atoms with E-state index in [4.69, 9.17) is 9.47 Å². The minimum absolute atomic E-state index is 0.0290. The van der Waals surface area contributed by atoms with E-state index in [-0.39, 0.29) is 12.0 Å². The standard InChI is InChI=1S/C19H25NO5/c1-13(25-12-16-8-4-5-9-24-16)18(21)20-11-15-7-3-2-6-14(15)10-17(20)19(22)23/h2-3,6-7,13,16-17H,4-5,8-12H2,1H3,(H,22,23)/t13-,16+,17+/m0/s1. The second-order valence-corrected chi connectivity index (χ2v) is 6.76. The Morgan fingerprint density at radius 2 is 2.08 bits per heavy atom. The molecular formula is C19H25NO5. The predicted octanol–water partition coefficient (Wildman–Crippen LogP) is 2.00. The molecule has 6 heteroatoms. The van der Waals surface area contributed by atoms with Crippen LogP contribution in [0.4, 0.5) is 0 Å². The van der Waals surface area contributed by atoms with Crippen molar-refractivity contribution in [3.63, 3.8) is 0 Å². The van der Waals surface area contributed by atoms with E-state index in [0.717, 1.165) is 37.0 Å². The van der Waals surface area contributed by atoms with Gasteiger partial charge in [-0.25, -0.2) is 4.79 Å². The van der Waals surface area contributed by atoms with E-state index in [1.54, 1.807) is 6.92 Å². The van der Waals surface area contributed by atoms with Gasteiger partial charge in [0.1, 0.15) is 12.1 Å². The Labute approximate surface area is 147 Å². The molecule has 0 bridgehead atoms. The van der Waals surface area contributed by atoms with Crippen molar-refractivity contribution in [3.05, 3.63) is 35.4 Å². The first-order chi connectivity index (χ1) is 12.1. The maximum atomic E-state index is 12.8. The first kappa shape index (κ1) is 17.9. The topological polar surface area (TPSA) is 76.1 Å². The summed E-state index contributed by atoms with van der Waals surface area (Å²) in [5.41, 5.74) is 1.99.